The average molecular weight is 357 g/mol. The van der Waals surface area contributed by atoms with E-state index in [0.29, 0.717) is 11.5 Å². The molecule has 4 rings (SSSR count). The second-order valence-electron chi connectivity index (χ2n) is 6.43. The molecule has 0 saturated heterocycles. The monoisotopic (exact) mass is 357 g/mol. The minimum absolute atomic E-state index is 0.270. The molecule has 2 aromatic carbocycles. The third-order valence-electron chi connectivity index (χ3n) is 4.32. The number of carbonyl (C=O) groups is 1. The molecule has 4 aromatic rings. The third kappa shape index (κ3) is 3.64. The van der Waals surface area contributed by atoms with Crippen molar-refractivity contribution < 1.29 is 4.79 Å². The zero-order valence-electron chi connectivity index (χ0n) is 15.1. The maximum atomic E-state index is 12.3. The Labute approximate surface area is 156 Å². The molecule has 0 aliphatic rings. The highest BCUT2D eigenvalue weighted by Crippen LogP contribution is 2.21. The van der Waals surface area contributed by atoms with Gasteiger partial charge in [-0.3, -0.25) is 4.40 Å². The molecule has 2 amide bonds. The minimum atomic E-state index is -0.270. The molecular formula is C21H19N5O. The van der Waals surface area contributed by atoms with Gasteiger partial charge in [-0.05, 0) is 49.2 Å². The molecule has 2 N–H and O–H groups in total. The number of imidazole rings is 1. The van der Waals surface area contributed by atoms with Crippen molar-refractivity contribution in [2.45, 2.75) is 13.8 Å². The number of amides is 2. The zero-order chi connectivity index (χ0) is 18.8. The first kappa shape index (κ1) is 16.8. The van der Waals surface area contributed by atoms with Gasteiger partial charge in [0.25, 0.3) is 0 Å². The van der Waals surface area contributed by atoms with Gasteiger partial charge in [0, 0.05) is 35.5 Å². The number of fused-ring (bicyclic) bond motifs is 1. The van der Waals surface area contributed by atoms with Crippen LogP contribution in [0, 0.1) is 13.8 Å². The van der Waals surface area contributed by atoms with Gasteiger partial charge in [-0.2, -0.15) is 0 Å². The summed E-state index contributed by atoms with van der Waals surface area (Å²) in [5.41, 5.74) is 5.43. The quantitative estimate of drug-likeness (QED) is 0.560. The molecule has 0 bridgehead atoms. The SMILES string of the molecule is Cc1ccc(C)c(NC(=O)Nc2ccc(-c3cn4cccnc4n3)cc2)c1. The van der Waals surface area contributed by atoms with Crippen molar-refractivity contribution in [2.24, 2.45) is 0 Å². The van der Waals surface area contributed by atoms with Crippen LogP contribution in [-0.4, -0.2) is 20.4 Å². The van der Waals surface area contributed by atoms with Crippen molar-refractivity contribution in [3.05, 3.63) is 78.2 Å². The van der Waals surface area contributed by atoms with Gasteiger partial charge in [0.15, 0.2) is 0 Å². The largest absolute Gasteiger partial charge is 0.323 e. The lowest BCUT2D eigenvalue weighted by molar-refractivity contribution is 0.262. The first-order chi connectivity index (χ1) is 13.1. The van der Waals surface area contributed by atoms with Gasteiger partial charge in [-0.1, -0.05) is 24.3 Å². The smallest absolute Gasteiger partial charge is 0.308 e. The molecule has 0 atom stereocenters. The number of aryl methyl sites for hydroxylation is 2. The summed E-state index contributed by atoms with van der Waals surface area (Å²) in [7, 11) is 0. The molecule has 0 aliphatic carbocycles. The van der Waals surface area contributed by atoms with E-state index in [1.165, 1.54) is 0 Å². The van der Waals surface area contributed by atoms with Crippen LogP contribution in [0.4, 0.5) is 16.2 Å². The second-order valence-corrected chi connectivity index (χ2v) is 6.43. The third-order valence-corrected chi connectivity index (χ3v) is 4.32. The van der Waals surface area contributed by atoms with Crippen LogP contribution in [0.1, 0.15) is 11.1 Å². The first-order valence-corrected chi connectivity index (χ1v) is 8.64. The number of urea groups is 1. The van der Waals surface area contributed by atoms with E-state index in [0.717, 1.165) is 28.1 Å². The van der Waals surface area contributed by atoms with Crippen molar-refractivity contribution in [1.29, 1.82) is 0 Å². The second kappa shape index (κ2) is 6.92. The van der Waals surface area contributed by atoms with Crippen molar-refractivity contribution >= 4 is 23.2 Å². The van der Waals surface area contributed by atoms with Crippen molar-refractivity contribution in [3.63, 3.8) is 0 Å². The molecule has 0 radical (unpaired) electrons. The Morgan fingerprint density at radius 2 is 1.85 bits per heavy atom. The predicted octanol–water partition coefficient (Wildman–Crippen LogP) is 4.66. The molecule has 27 heavy (non-hydrogen) atoms. The molecule has 2 aromatic heterocycles. The first-order valence-electron chi connectivity index (χ1n) is 8.64. The Morgan fingerprint density at radius 1 is 1.04 bits per heavy atom. The number of nitrogens with zero attached hydrogens (tertiary/aromatic N) is 3. The summed E-state index contributed by atoms with van der Waals surface area (Å²) in [6.07, 6.45) is 5.55. The highest BCUT2D eigenvalue weighted by molar-refractivity contribution is 6.00. The van der Waals surface area contributed by atoms with E-state index in [-0.39, 0.29) is 6.03 Å². The maximum absolute atomic E-state index is 12.3. The van der Waals surface area contributed by atoms with E-state index < -0.39 is 0 Å². The normalized spacial score (nSPS) is 10.7. The number of hydrogen-bond donors (Lipinski definition) is 2. The van der Waals surface area contributed by atoms with Gasteiger partial charge in [0.05, 0.1) is 5.69 Å². The van der Waals surface area contributed by atoms with Crippen LogP contribution in [0.15, 0.2) is 67.1 Å². The van der Waals surface area contributed by atoms with E-state index in [1.54, 1.807) is 6.20 Å². The van der Waals surface area contributed by atoms with Crippen LogP contribution in [0.25, 0.3) is 17.0 Å². The molecule has 6 heteroatoms. The van der Waals surface area contributed by atoms with Gasteiger partial charge < -0.3 is 10.6 Å². The van der Waals surface area contributed by atoms with E-state index in [9.17, 15) is 4.79 Å². The van der Waals surface area contributed by atoms with Gasteiger partial charge in [0.2, 0.25) is 5.78 Å². The summed E-state index contributed by atoms with van der Waals surface area (Å²) in [6, 6.07) is 15.1. The Bertz CT molecular complexity index is 1080. The van der Waals surface area contributed by atoms with Gasteiger partial charge in [-0.15, -0.1) is 0 Å². The number of carbonyl (C=O) groups excluding carboxylic acids is 1. The summed E-state index contributed by atoms with van der Waals surface area (Å²) < 4.78 is 1.87. The molecule has 0 aliphatic heterocycles. The standard InChI is InChI=1S/C21H19N5O/c1-14-4-5-15(2)18(12-14)25-21(27)23-17-8-6-16(7-9-17)19-13-26-11-3-10-22-20(26)24-19/h3-13H,1-2H3,(H2,23,25,27). The number of anilines is 2. The lowest BCUT2D eigenvalue weighted by Crippen LogP contribution is -2.20. The Kier molecular flexibility index (Phi) is 4.30. The van der Waals surface area contributed by atoms with Crippen LogP contribution in [-0.2, 0) is 0 Å². The van der Waals surface area contributed by atoms with E-state index >= 15 is 0 Å². The van der Waals surface area contributed by atoms with Crippen LogP contribution >= 0.6 is 0 Å². The maximum Gasteiger partial charge on any atom is 0.323 e. The zero-order valence-corrected chi connectivity index (χ0v) is 15.1. The molecule has 0 saturated carbocycles. The Hall–Kier alpha value is -3.67. The summed E-state index contributed by atoms with van der Waals surface area (Å²) in [5, 5.41) is 5.74. The van der Waals surface area contributed by atoms with Crippen molar-refractivity contribution in [3.8, 4) is 11.3 Å². The molecule has 2 heterocycles. The van der Waals surface area contributed by atoms with Crippen LogP contribution in [0.3, 0.4) is 0 Å². The van der Waals surface area contributed by atoms with Crippen LogP contribution < -0.4 is 10.6 Å². The fourth-order valence-electron chi connectivity index (χ4n) is 2.85. The topological polar surface area (TPSA) is 71.3 Å². The van der Waals surface area contributed by atoms with Gasteiger partial charge in [-0.25, -0.2) is 14.8 Å². The van der Waals surface area contributed by atoms with Crippen molar-refractivity contribution in [1.82, 2.24) is 14.4 Å². The van der Waals surface area contributed by atoms with E-state index in [4.69, 9.17) is 0 Å². The molecule has 6 nitrogen and oxygen atoms in total. The lowest BCUT2D eigenvalue weighted by Gasteiger charge is -2.11. The fraction of sp³-hybridized carbons (Fsp3) is 0.0952. The summed E-state index contributed by atoms with van der Waals surface area (Å²) in [6.45, 7) is 3.96. The average Bonchev–Trinajstić information content (AvgIpc) is 3.09. The van der Waals surface area contributed by atoms with Gasteiger partial charge >= 0.3 is 6.03 Å². The molecule has 0 unspecified atom stereocenters. The number of hydrogen-bond acceptors (Lipinski definition) is 3. The number of benzene rings is 2. The van der Waals surface area contributed by atoms with E-state index in [1.807, 2.05) is 79.2 Å². The predicted molar refractivity (Wildman–Crippen MR) is 107 cm³/mol. The molecule has 134 valence electrons. The summed E-state index contributed by atoms with van der Waals surface area (Å²) in [5.74, 6) is 0.655. The highest BCUT2D eigenvalue weighted by atomic mass is 16.2. The van der Waals surface area contributed by atoms with E-state index in [2.05, 4.69) is 20.6 Å². The number of aromatic nitrogens is 3. The number of rotatable bonds is 3. The number of nitrogens with one attached hydrogen (secondary N) is 2. The Balaban J connectivity index is 1.47. The summed E-state index contributed by atoms with van der Waals surface area (Å²) >= 11 is 0. The fourth-order valence-corrected chi connectivity index (χ4v) is 2.85. The summed E-state index contributed by atoms with van der Waals surface area (Å²) in [4.78, 5) is 21.0. The lowest BCUT2D eigenvalue weighted by atomic mass is 10.1. The highest BCUT2D eigenvalue weighted by Gasteiger charge is 2.07. The minimum Gasteiger partial charge on any atom is -0.308 e. The molecule has 0 spiro atoms. The van der Waals surface area contributed by atoms with Crippen molar-refractivity contribution in [2.75, 3.05) is 10.6 Å². The Morgan fingerprint density at radius 3 is 2.63 bits per heavy atom. The van der Waals surface area contributed by atoms with Crippen LogP contribution in [0.5, 0.6) is 0 Å². The van der Waals surface area contributed by atoms with Crippen LogP contribution in [0.2, 0.25) is 0 Å². The molecule has 0 fully saturated rings. The van der Waals surface area contributed by atoms with Gasteiger partial charge in [0.1, 0.15) is 0 Å². The molecular weight excluding hydrogens is 338 g/mol.